The summed E-state index contributed by atoms with van der Waals surface area (Å²) in [4.78, 5) is 35.3. The van der Waals surface area contributed by atoms with Crippen LogP contribution in [-0.4, -0.2) is 28.9 Å². The lowest BCUT2D eigenvalue weighted by Crippen LogP contribution is -2.10. The minimum absolute atomic E-state index is 0.0520. The number of nitro groups is 1. The number of nitrogens with zero attached hydrogens (tertiary/aromatic N) is 2. The van der Waals surface area contributed by atoms with E-state index in [9.17, 15) is 19.7 Å². The molecule has 0 bridgehead atoms. The normalized spacial score (nSPS) is 13.5. The number of Topliss-reactive ketones (excluding diaryl/α,β-unsaturated/α-hetero) is 1. The first-order valence-corrected chi connectivity index (χ1v) is 9.88. The first kappa shape index (κ1) is 21.8. The summed E-state index contributed by atoms with van der Waals surface area (Å²) in [6.45, 7) is 1.69. The second-order valence-corrected chi connectivity index (χ2v) is 7.16. The van der Waals surface area contributed by atoms with Crippen LogP contribution in [0.1, 0.15) is 33.7 Å². The summed E-state index contributed by atoms with van der Waals surface area (Å²) < 4.78 is 21.2. The molecule has 0 saturated carbocycles. The van der Waals surface area contributed by atoms with Gasteiger partial charge in [-0.15, -0.1) is 0 Å². The van der Waals surface area contributed by atoms with E-state index in [2.05, 4.69) is 5.16 Å². The van der Waals surface area contributed by atoms with E-state index in [0.29, 0.717) is 34.1 Å². The van der Waals surface area contributed by atoms with Crippen LogP contribution >= 0.6 is 0 Å². The Balaban J connectivity index is 1.46. The third-order valence-electron chi connectivity index (χ3n) is 4.98. The monoisotopic (exact) mass is 450 g/mol. The first-order valence-electron chi connectivity index (χ1n) is 9.88. The summed E-state index contributed by atoms with van der Waals surface area (Å²) in [5.74, 6) is 0.654. The number of fused-ring (bicyclic) bond motifs is 1. The number of hydrogen-bond acceptors (Lipinski definition) is 9. The molecule has 2 aromatic carbocycles. The third kappa shape index (κ3) is 4.59. The molecule has 2 heterocycles. The number of aromatic nitrogens is 1. The van der Waals surface area contributed by atoms with E-state index in [1.165, 1.54) is 43.5 Å². The molecule has 3 aromatic rings. The van der Waals surface area contributed by atoms with Crippen LogP contribution in [0.5, 0.6) is 17.4 Å². The van der Waals surface area contributed by atoms with Gasteiger partial charge in [-0.3, -0.25) is 19.7 Å². The SMILES string of the molecule is COc1cc(CCC(=O)Oc2ccc3c(c2C)O/C(=C\c2ccc([N+](=O)[O-])cc2)C3=O)on1. The lowest BCUT2D eigenvalue weighted by Gasteiger charge is -2.09. The van der Waals surface area contributed by atoms with E-state index in [1.807, 2.05) is 0 Å². The van der Waals surface area contributed by atoms with Gasteiger partial charge >= 0.3 is 5.97 Å². The Bertz CT molecular complexity index is 1270. The summed E-state index contributed by atoms with van der Waals surface area (Å²) in [5, 5.41) is 14.5. The van der Waals surface area contributed by atoms with Gasteiger partial charge in [-0.25, -0.2) is 0 Å². The molecule has 0 fully saturated rings. The number of carbonyl (C=O) groups is 2. The molecule has 1 aliphatic heterocycles. The van der Waals surface area contributed by atoms with E-state index in [4.69, 9.17) is 18.7 Å². The number of carbonyl (C=O) groups excluding carboxylic acids is 2. The van der Waals surface area contributed by atoms with Crippen LogP contribution in [0.4, 0.5) is 5.69 Å². The topological polar surface area (TPSA) is 131 Å². The van der Waals surface area contributed by atoms with Gasteiger partial charge in [-0.1, -0.05) is 0 Å². The van der Waals surface area contributed by atoms with Crippen molar-refractivity contribution in [2.24, 2.45) is 0 Å². The molecule has 0 unspecified atom stereocenters. The molecule has 1 aliphatic rings. The van der Waals surface area contributed by atoms with Crippen molar-refractivity contribution >= 4 is 23.5 Å². The molecule has 33 heavy (non-hydrogen) atoms. The average Bonchev–Trinajstić information content (AvgIpc) is 3.40. The number of ether oxygens (including phenoxy) is 3. The number of allylic oxidation sites excluding steroid dienone is 1. The number of methoxy groups -OCH3 is 1. The van der Waals surface area contributed by atoms with Crippen LogP contribution in [0.25, 0.3) is 6.08 Å². The third-order valence-corrected chi connectivity index (χ3v) is 4.98. The van der Waals surface area contributed by atoms with Crippen molar-refractivity contribution in [3.63, 3.8) is 0 Å². The second kappa shape index (κ2) is 8.95. The molecule has 0 radical (unpaired) electrons. The minimum Gasteiger partial charge on any atom is -0.479 e. The zero-order valence-electron chi connectivity index (χ0n) is 17.7. The van der Waals surface area contributed by atoms with Gasteiger partial charge < -0.3 is 18.7 Å². The molecule has 0 saturated heterocycles. The van der Waals surface area contributed by atoms with Gasteiger partial charge in [0.25, 0.3) is 11.6 Å². The van der Waals surface area contributed by atoms with Crippen molar-refractivity contribution in [1.29, 1.82) is 0 Å². The largest absolute Gasteiger partial charge is 0.479 e. The number of hydrogen-bond donors (Lipinski definition) is 0. The Morgan fingerprint density at radius 3 is 2.64 bits per heavy atom. The van der Waals surface area contributed by atoms with Crippen LogP contribution in [-0.2, 0) is 11.2 Å². The van der Waals surface area contributed by atoms with E-state index >= 15 is 0 Å². The highest BCUT2D eigenvalue weighted by Crippen LogP contribution is 2.39. The van der Waals surface area contributed by atoms with Gasteiger partial charge in [-0.2, -0.15) is 0 Å². The predicted molar refractivity (Wildman–Crippen MR) is 114 cm³/mol. The van der Waals surface area contributed by atoms with Crippen LogP contribution in [0.2, 0.25) is 0 Å². The number of aryl methyl sites for hydroxylation is 1. The highest BCUT2D eigenvalue weighted by atomic mass is 16.6. The quantitative estimate of drug-likeness (QED) is 0.172. The maximum absolute atomic E-state index is 12.7. The molecule has 1 aromatic heterocycles. The fourth-order valence-electron chi connectivity index (χ4n) is 3.23. The number of benzene rings is 2. The zero-order valence-corrected chi connectivity index (χ0v) is 17.7. The van der Waals surface area contributed by atoms with Crippen molar-refractivity contribution in [2.75, 3.05) is 7.11 Å². The maximum Gasteiger partial charge on any atom is 0.311 e. The van der Waals surface area contributed by atoms with E-state index < -0.39 is 10.9 Å². The Morgan fingerprint density at radius 1 is 1.21 bits per heavy atom. The molecule has 10 heteroatoms. The smallest absolute Gasteiger partial charge is 0.311 e. The van der Waals surface area contributed by atoms with Gasteiger partial charge in [-0.05, 0) is 48.0 Å². The van der Waals surface area contributed by atoms with Crippen molar-refractivity contribution in [3.8, 4) is 17.4 Å². The highest BCUT2D eigenvalue weighted by molar-refractivity contribution is 6.15. The molecule has 10 nitrogen and oxygen atoms in total. The summed E-state index contributed by atoms with van der Waals surface area (Å²) in [7, 11) is 1.46. The molecule has 0 atom stereocenters. The lowest BCUT2D eigenvalue weighted by atomic mass is 10.1. The second-order valence-electron chi connectivity index (χ2n) is 7.16. The van der Waals surface area contributed by atoms with E-state index in [0.717, 1.165) is 0 Å². The van der Waals surface area contributed by atoms with Crippen molar-refractivity contribution < 1.29 is 33.2 Å². The standard InChI is InChI=1S/C23H18N2O8/c1-13-18(31-21(26)10-7-16-12-20(30-2)24-33-16)9-8-17-22(27)19(32-23(13)17)11-14-3-5-15(6-4-14)25(28)29/h3-6,8-9,11-12H,7,10H2,1-2H3/b19-11-. The van der Waals surface area contributed by atoms with Gasteiger partial charge in [0.1, 0.15) is 17.3 Å². The summed E-state index contributed by atoms with van der Waals surface area (Å²) in [6.07, 6.45) is 1.85. The molecular formula is C23H18N2O8. The predicted octanol–water partition coefficient (Wildman–Crippen LogP) is 4.05. The lowest BCUT2D eigenvalue weighted by molar-refractivity contribution is -0.384. The molecular weight excluding hydrogens is 432 g/mol. The van der Waals surface area contributed by atoms with Crippen molar-refractivity contribution in [2.45, 2.75) is 19.8 Å². The summed E-state index contributed by atoms with van der Waals surface area (Å²) in [5.41, 5.74) is 1.37. The van der Waals surface area contributed by atoms with Gasteiger partial charge in [0.05, 0.1) is 24.0 Å². The minimum atomic E-state index is -0.501. The van der Waals surface area contributed by atoms with Crippen LogP contribution in [0.3, 0.4) is 0 Å². The van der Waals surface area contributed by atoms with Crippen molar-refractivity contribution in [1.82, 2.24) is 5.16 Å². The maximum atomic E-state index is 12.7. The van der Waals surface area contributed by atoms with Crippen LogP contribution in [0, 0.1) is 17.0 Å². The molecule has 0 N–H and O–H groups in total. The van der Waals surface area contributed by atoms with Crippen LogP contribution in [0.15, 0.2) is 52.7 Å². The molecule has 0 spiro atoms. The Morgan fingerprint density at radius 2 is 1.97 bits per heavy atom. The molecule has 0 aliphatic carbocycles. The van der Waals surface area contributed by atoms with Crippen molar-refractivity contribution in [3.05, 3.63) is 80.8 Å². The van der Waals surface area contributed by atoms with Crippen LogP contribution < -0.4 is 14.2 Å². The zero-order chi connectivity index (χ0) is 23.5. The number of ketones is 1. The highest BCUT2D eigenvalue weighted by Gasteiger charge is 2.30. The number of esters is 1. The summed E-state index contributed by atoms with van der Waals surface area (Å²) >= 11 is 0. The van der Waals surface area contributed by atoms with Gasteiger partial charge in [0, 0.05) is 30.2 Å². The molecule has 0 amide bonds. The molecule has 4 rings (SSSR count). The fourth-order valence-corrected chi connectivity index (χ4v) is 3.23. The van der Waals surface area contributed by atoms with E-state index in [-0.39, 0.29) is 35.8 Å². The van der Waals surface area contributed by atoms with Gasteiger partial charge in [0.2, 0.25) is 5.78 Å². The summed E-state index contributed by atoms with van der Waals surface area (Å²) in [6, 6.07) is 10.4. The average molecular weight is 450 g/mol. The number of nitro benzene ring substituents is 1. The van der Waals surface area contributed by atoms with E-state index in [1.54, 1.807) is 19.1 Å². The molecule has 168 valence electrons. The Hall–Kier alpha value is -4.47. The van der Waals surface area contributed by atoms with Gasteiger partial charge in [0.15, 0.2) is 5.76 Å². The number of non-ortho nitro benzene ring substituents is 1. The Kier molecular flexibility index (Phi) is 5.90. The number of rotatable bonds is 7. The Labute approximate surface area is 187 Å². The fraction of sp³-hybridized carbons (Fsp3) is 0.174. The first-order chi connectivity index (χ1) is 15.9.